The molecule has 0 saturated carbocycles. The number of halogens is 1. The molecule has 8 nitrogen and oxygen atoms in total. The zero-order valence-corrected chi connectivity index (χ0v) is 17.3. The predicted octanol–water partition coefficient (Wildman–Crippen LogP) is 3.12. The number of hydrogen-bond acceptors (Lipinski definition) is 7. The van der Waals surface area contributed by atoms with E-state index in [9.17, 15) is 9.18 Å². The standard InChI is InChI=1S/C20H18FN5O3S/c1-12-5-4-6-17(26-20(27)25(2)23-24-26)15(12)10-29-19-22-16(11-30-19)14-9-13(21)7-8-18(14)28-3/h4-9,11H,10H2,1-3H3. The smallest absolute Gasteiger partial charge is 0.368 e. The van der Waals surface area contributed by atoms with Gasteiger partial charge in [0.25, 0.3) is 5.19 Å². The van der Waals surface area contributed by atoms with E-state index in [1.807, 2.05) is 19.1 Å². The van der Waals surface area contributed by atoms with Crippen LogP contribution >= 0.6 is 11.3 Å². The highest BCUT2D eigenvalue weighted by Gasteiger charge is 2.16. The fraction of sp³-hybridized carbons (Fsp3) is 0.200. The lowest BCUT2D eigenvalue weighted by Gasteiger charge is -2.11. The van der Waals surface area contributed by atoms with Crippen molar-refractivity contribution in [2.24, 2.45) is 7.05 Å². The number of aryl methyl sites for hydroxylation is 2. The highest BCUT2D eigenvalue weighted by Crippen LogP contribution is 2.34. The molecule has 0 bridgehead atoms. The number of benzene rings is 2. The van der Waals surface area contributed by atoms with Crippen molar-refractivity contribution >= 4 is 11.3 Å². The van der Waals surface area contributed by atoms with Gasteiger partial charge in [0, 0.05) is 23.6 Å². The van der Waals surface area contributed by atoms with Crippen LogP contribution in [0.15, 0.2) is 46.6 Å². The topological polar surface area (TPSA) is 84.1 Å². The zero-order valence-electron chi connectivity index (χ0n) is 16.5. The Hall–Kier alpha value is -3.53. The van der Waals surface area contributed by atoms with Gasteiger partial charge in [-0.15, -0.1) is 0 Å². The van der Waals surface area contributed by atoms with Crippen molar-refractivity contribution in [1.29, 1.82) is 0 Å². The second-order valence-corrected chi connectivity index (χ2v) is 7.32. The van der Waals surface area contributed by atoms with Crippen LogP contribution in [0.4, 0.5) is 4.39 Å². The van der Waals surface area contributed by atoms with E-state index in [0.717, 1.165) is 15.8 Å². The molecule has 0 aliphatic carbocycles. The first-order valence-electron chi connectivity index (χ1n) is 8.98. The fourth-order valence-electron chi connectivity index (χ4n) is 3.00. The molecule has 4 rings (SSSR count). The normalized spacial score (nSPS) is 10.9. The minimum atomic E-state index is -0.375. The monoisotopic (exact) mass is 427 g/mol. The van der Waals surface area contributed by atoms with Crippen LogP contribution in [0.3, 0.4) is 0 Å². The summed E-state index contributed by atoms with van der Waals surface area (Å²) in [6, 6.07) is 9.81. The number of thiazole rings is 1. The Morgan fingerprint density at radius 2 is 2.03 bits per heavy atom. The van der Waals surface area contributed by atoms with Crippen molar-refractivity contribution < 1.29 is 13.9 Å². The highest BCUT2D eigenvalue weighted by atomic mass is 32.1. The van der Waals surface area contributed by atoms with E-state index in [0.29, 0.717) is 27.9 Å². The molecule has 30 heavy (non-hydrogen) atoms. The second kappa shape index (κ2) is 8.07. The molecule has 10 heteroatoms. The number of hydrogen-bond donors (Lipinski definition) is 0. The SMILES string of the molecule is COc1ccc(F)cc1-c1csc(OCc2c(C)cccc2-n2nnn(C)c2=O)n1. The maximum Gasteiger partial charge on any atom is 0.368 e. The van der Waals surface area contributed by atoms with Crippen LogP contribution in [0, 0.1) is 12.7 Å². The number of tetrazole rings is 1. The molecule has 2 aromatic carbocycles. The van der Waals surface area contributed by atoms with Crippen LogP contribution in [0.5, 0.6) is 10.9 Å². The van der Waals surface area contributed by atoms with Gasteiger partial charge in [0.1, 0.15) is 18.2 Å². The maximum absolute atomic E-state index is 13.7. The van der Waals surface area contributed by atoms with Gasteiger partial charge in [-0.1, -0.05) is 23.5 Å². The molecule has 2 heterocycles. The van der Waals surface area contributed by atoms with Crippen molar-refractivity contribution in [3.8, 4) is 27.9 Å². The summed E-state index contributed by atoms with van der Waals surface area (Å²) in [7, 11) is 3.06. The van der Waals surface area contributed by atoms with E-state index in [1.54, 1.807) is 17.5 Å². The van der Waals surface area contributed by atoms with Crippen LogP contribution in [-0.2, 0) is 13.7 Å². The summed E-state index contributed by atoms with van der Waals surface area (Å²) >= 11 is 1.29. The Kier molecular flexibility index (Phi) is 5.32. The van der Waals surface area contributed by atoms with E-state index < -0.39 is 0 Å². The lowest BCUT2D eigenvalue weighted by molar-refractivity contribution is 0.303. The third-order valence-electron chi connectivity index (χ3n) is 4.60. The van der Waals surface area contributed by atoms with Crippen LogP contribution in [-0.4, -0.2) is 31.9 Å². The van der Waals surface area contributed by atoms with Crippen molar-refractivity contribution in [1.82, 2.24) is 24.8 Å². The molecule has 0 aliphatic rings. The summed E-state index contributed by atoms with van der Waals surface area (Å²) in [6.45, 7) is 2.10. The number of ether oxygens (including phenoxy) is 2. The first-order chi connectivity index (χ1) is 14.5. The molecule has 2 aromatic heterocycles. The molecule has 0 aliphatic heterocycles. The van der Waals surface area contributed by atoms with E-state index in [-0.39, 0.29) is 18.1 Å². The minimum Gasteiger partial charge on any atom is -0.496 e. The van der Waals surface area contributed by atoms with Gasteiger partial charge >= 0.3 is 5.69 Å². The average Bonchev–Trinajstić information content (AvgIpc) is 3.34. The molecule has 0 amide bonds. The molecule has 0 fully saturated rings. The van der Waals surface area contributed by atoms with E-state index in [2.05, 4.69) is 15.4 Å². The third kappa shape index (κ3) is 3.69. The molecule has 0 N–H and O–H groups in total. The molecule has 0 saturated heterocycles. The number of rotatable bonds is 6. The summed E-state index contributed by atoms with van der Waals surface area (Å²) in [6.07, 6.45) is 0. The number of aromatic nitrogens is 5. The molecular formula is C20H18FN5O3S. The van der Waals surface area contributed by atoms with Gasteiger partial charge in [0.05, 0.1) is 18.5 Å². The second-order valence-electron chi connectivity index (χ2n) is 6.50. The summed E-state index contributed by atoms with van der Waals surface area (Å²) in [5.74, 6) is 0.150. The summed E-state index contributed by atoms with van der Waals surface area (Å²) in [4.78, 5) is 16.7. The zero-order chi connectivity index (χ0) is 21.3. The first-order valence-corrected chi connectivity index (χ1v) is 9.86. The van der Waals surface area contributed by atoms with Crippen LogP contribution < -0.4 is 15.2 Å². The Balaban J connectivity index is 1.61. The van der Waals surface area contributed by atoms with E-state index in [1.165, 1.54) is 42.3 Å². The molecule has 0 spiro atoms. The van der Waals surface area contributed by atoms with Gasteiger partial charge in [-0.3, -0.25) is 0 Å². The average molecular weight is 427 g/mol. The molecular weight excluding hydrogens is 409 g/mol. The van der Waals surface area contributed by atoms with Crippen molar-refractivity contribution in [3.63, 3.8) is 0 Å². The van der Waals surface area contributed by atoms with Crippen molar-refractivity contribution in [2.45, 2.75) is 13.5 Å². The van der Waals surface area contributed by atoms with Gasteiger partial charge in [-0.05, 0) is 47.2 Å². The quantitative estimate of drug-likeness (QED) is 0.470. The maximum atomic E-state index is 13.7. The van der Waals surface area contributed by atoms with Gasteiger partial charge in [0.2, 0.25) is 0 Å². The summed E-state index contributed by atoms with van der Waals surface area (Å²) in [5.41, 5.74) is 3.08. The minimum absolute atomic E-state index is 0.179. The van der Waals surface area contributed by atoms with Crippen molar-refractivity contribution in [2.75, 3.05) is 7.11 Å². The van der Waals surface area contributed by atoms with Gasteiger partial charge in [-0.2, -0.15) is 9.36 Å². The van der Waals surface area contributed by atoms with Gasteiger partial charge < -0.3 is 9.47 Å². The Bertz CT molecular complexity index is 1260. The predicted molar refractivity (Wildman–Crippen MR) is 110 cm³/mol. The van der Waals surface area contributed by atoms with E-state index >= 15 is 0 Å². The Labute approximate surface area is 175 Å². The third-order valence-corrected chi connectivity index (χ3v) is 5.35. The van der Waals surface area contributed by atoms with Crippen LogP contribution in [0.2, 0.25) is 0 Å². The lowest BCUT2D eigenvalue weighted by atomic mass is 10.1. The van der Waals surface area contributed by atoms with Crippen molar-refractivity contribution in [3.05, 3.63) is 69.2 Å². The van der Waals surface area contributed by atoms with Crippen LogP contribution in [0.1, 0.15) is 11.1 Å². The molecule has 0 radical (unpaired) electrons. The van der Waals surface area contributed by atoms with Gasteiger partial charge in [0.15, 0.2) is 0 Å². The summed E-state index contributed by atoms with van der Waals surface area (Å²) in [5, 5.41) is 9.87. The number of nitrogens with zero attached hydrogens (tertiary/aromatic N) is 5. The Morgan fingerprint density at radius 1 is 1.20 bits per heavy atom. The van der Waals surface area contributed by atoms with E-state index in [4.69, 9.17) is 9.47 Å². The molecule has 0 unspecified atom stereocenters. The summed E-state index contributed by atoms with van der Waals surface area (Å²) < 4.78 is 27.3. The number of methoxy groups -OCH3 is 1. The largest absolute Gasteiger partial charge is 0.496 e. The Morgan fingerprint density at radius 3 is 2.77 bits per heavy atom. The van der Waals surface area contributed by atoms with Crippen LogP contribution in [0.25, 0.3) is 16.9 Å². The molecule has 0 atom stereocenters. The lowest BCUT2D eigenvalue weighted by Crippen LogP contribution is -2.23. The molecule has 154 valence electrons. The first kappa shape index (κ1) is 19.8. The molecule has 4 aromatic rings. The van der Waals surface area contributed by atoms with Gasteiger partial charge in [-0.25, -0.2) is 14.2 Å². The fourth-order valence-corrected chi connectivity index (χ4v) is 3.67. The highest BCUT2D eigenvalue weighted by molar-refractivity contribution is 7.11.